The summed E-state index contributed by atoms with van der Waals surface area (Å²) < 4.78 is 52.4. The van der Waals surface area contributed by atoms with Crippen molar-refractivity contribution in [3.63, 3.8) is 0 Å². The second-order valence-corrected chi connectivity index (χ2v) is 16.2. The van der Waals surface area contributed by atoms with Crippen molar-refractivity contribution in [2.75, 3.05) is 13.2 Å². The molecule has 0 spiro atoms. The predicted molar refractivity (Wildman–Crippen MR) is 243 cm³/mol. The summed E-state index contributed by atoms with van der Waals surface area (Å²) in [5.74, 6) is -1.22. The molecule has 2 heterocycles. The van der Waals surface area contributed by atoms with Crippen LogP contribution in [0.1, 0.15) is 43.0 Å². The summed E-state index contributed by atoms with van der Waals surface area (Å²) >= 11 is 0. The molecule has 0 amide bonds. The van der Waals surface area contributed by atoms with Gasteiger partial charge in [-0.2, -0.15) is 0 Å². The number of esters is 2. The summed E-state index contributed by atoms with van der Waals surface area (Å²) in [5.41, 5.74) is 4.03. The molecule has 2 N–H and O–H groups in total. The molecule has 0 aromatic heterocycles. The van der Waals surface area contributed by atoms with Crippen LogP contribution in [0.15, 0.2) is 182 Å². The average molecular weight is 895 g/mol. The molecule has 10 atom stereocenters. The van der Waals surface area contributed by atoms with Crippen LogP contribution in [0.5, 0.6) is 0 Å². The number of hydrogen-bond acceptors (Lipinski definition) is 12. The number of aliphatic hydroxyl groups excluding tert-OH is 2. The molecular weight excluding hydrogens is 841 g/mol. The summed E-state index contributed by atoms with van der Waals surface area (Å²) in [4.78, 5) is 26.7. The van der Waals surface area contributed by atoms with Gasteiger partial charge in [0.05, 0.1) is 37.6 Å². The monoisotopic (exact) mass is 894 g/mol. The van der Waals surface area contributed by atoms with E-state index in [1.165, 1.54) is 0 Å². The quantitative estimate of drug-likeness (QED) is 0.0787. The molecule has 66 heavy (non-hydrogen) atoms. The molecular formula is C54H54O12. The summed E-state index contributed by atoms with van der Waals surface area (Å²) in [5, 5.41) is 24.6. The van der Waals surface area contributed by atoms with Gasteiger partial charge in [-0.3, -0.25) is 0 Å². The van der Waals surface area contributed by atoms with E-state index in [2.05, 4.69) is 0 Å². The lowest BCUT2D eigenvalue weighted by molar-refractivity contribution is -0.323. The SMILES string of the molecule is O=C(OCC1OC(C2OC(COC(=O)c3ccccc3)C(O)C(OCc3ccccc3)C2OCc2ccccc2)C(OCc2ccccc2)C(OCc2ccccc2)C1O)c1ccccc1. The molecule has 12 heteroatoms. The molecule has 2 saturated heterocycles. The van der Waals surface area contributed by atoms with E-state index < -0.39 is 73.0 Å². The first-order chi connectivity index (χ1) is 32.4. The fraction of sp³-hybridized carbons (Fsp3) is 0.296. The van der Waals surface area contributed by atoms with Gasteiger partial charge < -0.3 is 48.1 Å². The molecule has 12 nitrogen and oxygen atoms in total. The Morgan fingerprint density at radius 2 is 0.636 bits per heavy atom. The molecule has 342 valence electrons. The number of carbonyl (C=O) groups excluding carboxylic acids is 2. The van der Waals surface area contributed by atoms with Gasteiger partial charge in [-0.15, -0.1) is 0 Å². The third kappa shape index (κ3) is 12.2. The molecule has 6 aromatic carbocycles. The molecule has 8 rings (SSSR count). The topological polar surface area (TPSA) is 148 Å². The third-order valence-electron chi connectivity index (χ3n) is 11.6. The van der Waals surface area contributed by atoms with Crippen LogP contribution in [-0.4, -0.2) is 96.4 Å². The maximum absolute atomic E-state index is 13.4. The van der Waals surface area contributed by atoms with E-state index in [0.717, 1.165) is 22.3 Å². The number of carbonyl (C=O) groups is 2. The van der Waals surface area contributed by atoms with Crippen LogP contribution in [0.2, 0.25) is 0 Å². The van der Waals surface area contributed by atoms with Crippen molar-refractivity contribution in [3.05, 3.63) is 215 Å². The van der Waals surface area contributed by atoms with Gasteiger partial charge in [0, 0.05) is 0 Å². The predicted octanol–water partition coefficient (Wildman–Crippen LogP) is 7.30. The second kappa shape index (κ2) is 23.4. The highest BCUT2D eigenvalue weighted by Gasteiger charge is 2.57. The number of rotatable bonds is 19. The van der Waals surface area contributed by atoms with E-state index in [1.54, 1.807) is 60.7 Å². The van der Waals surface area contributed by atoms with Gasteiger partial charge in [-0.1, -0.05) is 158 Å². The highest BCUT2D eigenvalue weighted by atomic mass is 16.6. The van der Waals surface area contributed by atoms with Gasteiger partial charge >= 0.3 is 11.9 Å². The van der Waals surface area contributed by atoms with Crippen LogP contribution in [0.25, 0.3) is 0 Å². The Balaban J connectivity index is 1.19. The van der Waals surface area contributed by atoms with Crippen LogP contribution in [0, 0.1) is 0 Å². The fourth-order valence-corrected chi connectivity index (χ4v) is 8.17. The maximum atomic E-state index is 13.4. The van der Waals surface area contributed by atoms with E-state index in [0.29, 0.717) is 11.1 Å². The molecule has 10 unspecified atom stereocenters. The average Bonchev–Trinajstić information content (AvgIpc) is 3.37. The molecule has 6 aromatic rings. The summed E-state index contributed by atoms with van der Waals surface area (Å²) in [6, 6.07) is 55.2. The standard InChI is InChI=1S/C54H54O12/c55-45-43(35-63-53(57)41-27-15-5-16-28-41)65-51(49(61-33-39-23-11-3-12-24-39)47(45)59-31-37-19-7-1-8-20-37)52-50(62-34-40-25-13-4-14-26-40)48(60-32-38-21-9-2-10-22-38)46(56)44(66-52)36-64-54(58)42-29-17-6-18-30-42/h1-30,43-52,55-56H,31-36H2. The summed E-state index contributed by atoms with van der Waals surface area (Å²) in [7, 11) is 0. The first-order valence-corrected chi connectivity index (χ1v) is 22.1. The Morgan fingerprint density at radius 3 is 0.924 bits per heavy atom. The van der Waals surface area contributed by atoms with Crippen molar-refractivity contribution < 1.29 is 57.7 Å². The zero-order valence-corrected chi connectivity index (χ0v) is 36.3. The molecule has 0 radical (unpaired) electrons. The van der Waals surface area contributed by atoms with Crippen molar-refractivity contribution in [2.45, 2.75) is 87.5 Å². The zero-order chi connectivity index (χ0) is 45.5. The van der Waals surface area contributed by atoms with Crippen molar-refractivity contribution in [3.8, 4) is 0 Å². The van der Waals surface area contributed by atoms with Crippen LogP contribution in [-0.2, 0) is 64.3 Å². The van der Waals surface area contributed by atoms with Gasteiger partial charge in [0.25, 0.3) is 0 Å². The van der Waals surface area contributed by atoms with Crippen molar-refractivity contribution in [2.24, 2.45) is 0 Å². The molecule has 2 fully saturated rings. The van der Waals surface area contributed by atoms with E-state index in [1.807, 2.05) is 121 Å². The molecule has 0 bridgehead atoms. The number of aliphatic hydroxyl groups is 2. The van der Waals surface area contributed by atoms with E-state index >= 15 is 0 Å². The Hall–Kier alpha value is -6.06. The first-order valence-electron chi connectivity index (χ1n) is 22.1. The van der Waals surface area contributed by atoms with Gasteiger partial charge in [0.2, 0.25) is 0 Å². The van der Waals surface area contributed by atoms with Crippen molar-refractivity contribution in [1.82, 2.24) is 0 Å². The number of hydrogen-bond donors (Lipinski definition) is 2. The van der Waals surface area contributed by atoms with Crippen molar-refractivity contribution in [1.29, 1.82) is 0 Å². The lowest BCUT2D eigenvalue weighted by atomic mass is 9.85. The highest BCUT2D eigenvalue weighted by Crippen LogP contribution is 2.38. The smallest absolute Gasteiger partial charge is 0.338 e. The van der Waals surface area contributed by atoms with Gasteiger partial charge in [0.1, 0.15) is 74.3 Å². The van der Waals surface area contributed by atoms with E-state index in [9.17, 15) is 19.8 Å². The minimum atomic E-state index is -1.38. The Kier molecular flexibility index (Phi) is 16.5. The van der Waals surface area contributed by atoms with Crippen LogP contribution >= 0.6 is 0 Å². The van der Waals surface area contributed by atoms with Gasteiger partial charge in [-0.05, 0) is 46.5 Å². The minimum absolute atomic E-state index is 0.0912. The van der Waals surface area contributed by atoms with Crippen LogP contribution in [0.4, 0.5) is 0 Å². The Morgan fingerprint density at radius 1 is 0.379 bits per heavy atom. The lowest BCUT2D eigenvalue weighted by Crippen LogP contribution is -2.70. The molecule has 2 aliphatic heterocycles. The van der Waals surface area contributed by atoms with Crippen LogP contribution in [0.3, 0.4) is 0 Å². The fourth-order valence-electron chi connectivity index (χ4n) is 8.17. The van der Waals surface area contributed by atoms with E-state index in [-0.39, 0.29) is 39.6 Å². The Labute approximate surface area is 384 Å². The lowest BCUT2D eigenvalue weighted by Gasteiger charge is -2.52. The van der Waals surface area contributed by atoms with E-state index in [4.69, 9.17) is 37.9 Å². The minimum Gasteiger partial charge on any atom is -0.459 e. The number of benzene rings is 6. The third-order valence-corrected chi connectivity index (χ3v) is 11.6. The Bertz CT molecular complexity index is 2190. The summed E-state index contributed by atoms with van der Waals surface area (Å²) in [6.07, 6.45) is -11.6. The molecule has 0 aliphatic carbocycles. The highest BCUT2D eigenvalue weighted by molar-refractivity contribution is 5.89. The van der Waals surface area contributed by atoms with Gasteiger partial charge in [0.15, 0.2) is 0 Å². The molecule has 0 saturated carbocycles. The largest absolute Gasteiger partial charge is 0.459 e. The van der Waals surface area contributed by atoms with Crippen molar-refractivity contribution >= 4 is 11.9 Å². The normalized spacial score (nSPS) is 25.1. The maximum Gasteiger partial charge on any atom is 0.338 e. The first kappa shape index (κ1) is 46.5. The molecule has 2 aliphatic rings. The van der Waals surface area contributed by atoms with Crippen LogP contribution < -0.4 is 0 Å². The number of ether oxygens (including phenoxy) is 8. The summed E-state index contributed by atoms with van der Waals surface area (Å²) in [6.45, 7) is -0.355. The second-order valence-electron chi connectivity index (χ2n) is 16.2. The zero-order valence-electron chi connectivity index (χ0n) is 36.3. The van der Waals surface area contributed by atoms with Gasteiger partial charge in [-0.25, -0.2) is 9.59 Å².